The number of nitrogens with zero attached hydrogens (tertiary/aromatic N) is 3. The summed E-state index contributed by atoms with van der Waals surface area (Å²) in [5, 5.41) is 3.60. The van der Waals surface area contributed by atoms with Crippen LogP contribution in [-0.4, -0.2) is 40.5 Å². The molecule has 18 heavy (non-hydrogen) atoms. The zero-order chi connectivity index (χ0) is 13.0. The normalized spacial score (nSPS) is 21.4. The lowest BCUT2D eigenvalue weighted by Gasteiger charge is -2.34. The minimum Gasteiger partial charge on any atom is -0.311 e. The first-order valence-electron chi connectivity index (χ1n) is 6.86. The summed E-state index contributed by atoms with van der Waals surface area (Å²) in [6.07, 6.45) is 4.99. The summed E-state index contributed by atoms with van der Waals surface area (Å²) in [6.45, 7) is 10.8. The van der Waals surface area contributed by atoms with Crippen LogP contribution in [0.15, 0.2) is 12.4 Å². The maximum atomic E-state index is 4.43. The molecule has 0 radical (unpaired) electrons. The fraction of sp³-hybridized carbons (Fsp3) is 0.714. The molecule has 0 aromatic carbocycles. The lowest BCUT2D eigenvalue weighted by atomic mass is 10.0. The van der Waals surface area contributed by atoms with E-state index in [1.165, 1.54) is 6.42 Å². The molecule has 1 atom stereocenters. The third kappa shape index (κ3) is 4.03. The maximum absolute atomic E-state index is 4.43. The topological polar surface area (TPSA) is 41.1 Å². The van der Waals surface area contributed by atoms with Crippen molar-refractivity contribution in [3.05, 3.63) is 23.8 Å². The number of rotatable bonds is 4. The van der Waals surface area contributed by atoms with Gasteiger partial charge >= 0.3 is 0 Å². The van der Waals surface area contributed by atoms with Crippen molar-refractivity contribution >= 4 is 0 Å². The number of aromatic nitrogens is 2. The molecule has 0 saturated carbocycles. The molecule has 1 aliphatic rings. The Morgan fingerprint density at radius 2 is 2.22 bits per heavy atom. The number of piperazine rings is 1. The summed E-state index contributed by atoms with van der Waals surface area (Å²) < 4.78 is 0. The van der Waals surface area contributed by atoms with Gasteiger partial charge in [-0.3, -0.25) is 14.9 Å². The van der Waals surface area contributed by atoms with Crippen LogP contribution < -0.4 is 5.32 Å². The van der Waals surface area contributed by atoms with E-state index in [0.29, 0.717) is 6.04 Å². The smallest absolute Gasteiger partial charge is 0.0727 e. The Morgan fingerprint density at radius 3 is 2.89 bits per heavy atom. The molecule has 1 aromatic heterocycles. The summed E-state index contributed by atoms with van der Waals surface area (Å²) in [5.41, 5.74) is 2.06. The monoisotopic (exact) mass is 248 g/mol. The molecule has 2 heterocycles. The standard InChI is InChI=1S/C14H24N4/c1-11(2)6-13-9-18(5-4-15-13)10-14-8-16-12(3)7-17-14/h7-8,11,13,15H,4-6,9-10H2,1-3H3. The third-order valence-electron chi connectivity index (χ3n) is 3.32. The highest BCUT2D eigenvalue weighted by Gasteiger charge is 2.20. The summed E-state index contributed by atoms with van der Waals surface area (Å²) >= 11 is 0. The predicted molar refractivity (Wildman–Crippen MR) is 73.3 cm³/mol. The Balaban J connectivity index is 1.87. The van der Waals surface area contributed by atoms with Crippen molar-refractivity contribution in [2.75, 3.05) is 19.6 Å². The molecular weight excluding hydrogens is 224 g/mol. The zero-order valence-electron chi connectivity index (χ0n) is 11.7. The SMILES string of the molecule is Cc1cnc(CN2CCNC(CC(C)C)C2)cn1. The van der Waals surface area contributed by atoms with Crippen LogP contribution in [0.1, 0.15) is 31.7 Å². The van der Waals surface area contributed by atoms with Gasteiger partial charge < -0.3 is 5.32 Å². The summed E-state index contributed by atoms with van der Waals surface area (Å²) in [6, 6.07) is 0.622. The van der Waals surface area contributed by atoms with E-state index in [2.05, 4.69) is 34.0 Å². The van der Waals surface area contributed by atoms with Crippen molar-refractivity contribution in [1.82, 2.24) is 20.2 Å². The van der Waals surface area contributed by atoms with Crippen molar-refractivity contribution in [2.24, 2.45) is 5.92 Å². The molecule has 100 valence electrons. The van der Waals surface area contributed by atoms with E-state index >= 15 is 0 Å². The van der Waals surface area contributed by atoms with E-state index in [1.54, 1.807) is 0 Å². The first-order valence-corrected chi connectivity index (χ1v) is 6.86. The van der Waals surface area contributed by atoms with Crippen molar-refractivity contribution < 1.29 is 0 Å². The molecule has 0 aliphatic carbocycles. The van der Waals surface area contributed by atoms with Crippen LogP contribution in [0.3, 0.4) is 0 Å². The van der Waals surface area contributed by atoms with Crippen LogP contribution >= 0.6 is 0 Å². The Labute approximate surface area is 110 Å². The molecule has 1 saturated heterocycles. The van der Waals surface area contributed by atoms with Gasteiger partial charge in [-0.15, -0.1) is 0 Å². The van der Waals surface area contributed by atoms with E-state index in [1.807, 2.05) is 19.3 Å². The van der Waals surface area contributed by atoms with Gasteiger partial charge in [0.25, 0.3) is 0 Å². The van der Waals surface area contributed by atoms with Crippen molar-refractivity contribution in [2.45, 2.75) is 39.8 Å². The second-order valence-electron chi connectivity index (χ2n) is 5.66. The fourth-order valence-electron chi connectivity index (χ4n) is 2.49. The molecule has 1 unspecified atom stereocenters. The van der Waals surface area contributed by atoms with Gasteiger partial charge in [-0.05, 0) is 19.3 Å². The quantitative estimate of drug-likeness (QED) is 0.879. The largest absolute Gasteiger partial charge is 0.311 e. The molecule has 0 amide bonds. The molecule has 1 N–H and O–H groups in total. The molecule has 1 fully saturated rings. The predicted octanol–water partition coefficient (Wildman–Crippen LogP) is 1.60. The summed E-state index contributed by atoms with van der Waals surface area (Å²) in [5.74, 6) is 0.751. The average molecular weight is 248 g/mol. The second kappa shape index (κ2) is 6.25. The first-order chi connectivity index (χ1) is 8.63. The van der Waals surface area contributed by atoms with Crippen LogP contribution in [0.2, 0.25) is 0 Å². The average Bonchev–Trinajstić information content (AvgIpc) is 2.32. The molecule has 1 aliphatic heterocycles. The molecule has 4 heteroatoms. The van der Waals surface area contributed by atoms with Crippen molar-refractivity contribution in [3.8, 4) is 0 Å². The van der Waals surface area contributed by atoms with Crippen LogP contribution in [0.25, 0.3) is 0 Å². The van der Waals surface area contributed by atoms with Crippen LogP contribution in [0.4, 0.5) is 0 Å². The third-order valence-corrected chi connectivity index (χ3v) is 3.32. The van der Waals surface area contributed by atoms with Gasteiger partial charge in [0.1, 0.15) is 0 Å². The Hall–Kier alpha value is -1.00. The van der Waals surface area contributed by atoms with Crippen molar-refractivity contribution in [3.63, 3.8) is 0 Å². The molecule has 2 rings (SSSR count). The molecule has 0 spiro atoms. The first kappa shape index (κ1) is 13.4. The van der Waals surface area contributed by atoms with Gasteiger partial charge in [0, 0.05) is 44.6 Å². The highest BCUT2D eigenvalue weighted by molar-refractivity contribution is 5.01. The van der Waals surface area contributed by atoms with E-state index in [9.17, 15) is 0 Å². The van der Waals surface area contributed by atoms with E-state index < -0.39 is 0 Å². The minimum atomic E-state index is 0.622. The zero-order valence-corrected chi connectivity index (χ0v) is 11.7. The van der Waals surface area contributed by atoms with Crippen LogP contribution in [0.5, 0.6) is 0 Å². The minimum absolute atomic E-state index is 0.622. The van der Waals surface area contributed by atoms with Gasteiger partial charge in [0.05, 0.1) is 11.4 Å². The molecule has 0 bridgehead atoms. The lowest BCUT2D eigenvalue weighted by molar-refractivity contribution is 0.178. The van der Waals surface area contributed by atoms with Gasteiger partial charge in [0.15, 0.2) is 0 Å². The highest BCUT2D eigenvalue weighted by Crippen LogP contribution is 2.11. The number of hydrogen-bond donors (Lipinski definition) is 1. The van der Waals surface area contributed by atoms with E-state index in [4.69, 9.17) is 0 Å². The van der Waals surface area contributed by atoms with Gasteiger partial charge in [-0.2, -0.15) is 0 Å². The Kier molecular flexibility index (Phi) is 4.66. The van der Waals surface area contributed by atoms with E-state index in [-0.39, 0.29) is 0 Å². The van der Waals surface area contributed by atoms with Gasteiger partial charge in [0.2, 0.25) is 0 Å². The Bertz CT molecular complexity index is 361. The summed E-state index contributed by atoms with van der Waals surface area (Å²) in [7, 11) is 0. The molecular formula is C14H24N4. The molecule has 1 aromatic rings. The lowest BCUT2D eigenvalue weighted by Crippen LogP contribution is -2.50. The van der Waals surface area contributed by atoms with Gasteiger partial charge in [-0.25, -0.2) is 0 Å². The Morgan fingerprint density at radius 1 is 1.39 bits per heavy atom. The second-order valence-corrected chi connectivity index (χ2v) is 5.66. The fourth-order valence-corrected chi connectivity index (χ4v) is 2.49. The van der Waals surface area contributed by atoms with Crippen LogP contribution in [0, 0.1) is 12.8 Å². The van der Waals surface area contributed by atoms with Gasteiger partial charge in [-0.1, -0.05) is 13.8 Å². The number of nitrogens with one attached hydrogen (secondary N) is 1. The van der Waals surface area contributed by atoms with Crippen LogP contribution in [-0.2, 0) is 6.54 Å². The highest BCUT2D eigenvalue weighted by atomic mass is 15.2. The van der Waals surface area contributed by atoms with E-state index in [0.717, 1.165) is 43.5 Å². The number of aryl methyl sites for hydroxylation is 1. The van der Waals surface area contributed by atoms with Crippen molar-refractivity contribution in [1.29, 1.82) is 0 Å². The molecule has 4 nitrogen and oxygen atoms in total. The summed E-state index contributed by atoms with van der Waals surface area (Å²) in [4.78, 5) is 11.2. The maximum Gasteiger partial charge on any atom is 0.0727 e. The number of hydrogen-bond acceptors (Lipinski definition) is 4.